The SMILES string of the molecule is C=CN1CCC2(CCN(C)CC2)CC1. The second-order valence-electron chi connectivity index (χ2n) is 5.02. The van der Waals surface area contributed by atoms with Gasteiger partial charge < -0.3 is 9.80 Å². The zero-order valence-corrected chi connectivity index (χ0v) is 9.34. The molecule has 2 fully saturated rings. The van der Waals surface area contributed by atoms with Crippen molar-refractivity contribution in [2.45, 2.75) is 25.7 Å². The predicted octanol–water partition coefficient (Wildman–Crippen LogP) is 1.94. The number of rotatable bonds is 1. The Labute approximate surface area is 87.6 Å². The topological polar surface area (TPSA) is 6.48 Å². The first kappa shape index (κ1) is 10.0. The van der Waals surface area contributed by atoms with Crippen LogP contribution in [0.5, 0.6) is 0 Å². The van der Waals surface area contributed by atoms with Crippen LogP contribution >= 0.6 is 0 Å². The molecule has 0 aromatic rings. The summed E-state index contributed by atoms with van der Waals surface area (Å²) in [7, 11) is 2.24. The third-order valence-electron chi connectivity index (χ3n) is 4.16. The fraction of sp³-hybridized carbons (Fsp3) is 0.833. The van der Waals surface area contributed by atoms with Gasteiger partial charge in [-0.1, -0.05) is 6.58 Å². The average molecular weight is 194 g/mol. The van der Waals surface area contributed by atoms with E-state index in [4.69, 9.17) is 0 Å². The molecule has 0 N–H and O–H groups in total. The van der Waals surface area contributed by atoms with Gasteiger partial charge in [-0.15, -0.1) is 0 Å². The van der Waals surface area contributed by atoms with Crippen molar-refractivity contribution in [3.63, 3.8) is 0 Å². The van der Waals surface area contributed by atoms with Crippen molar-refractivity contribution in [3.05, 3.63) is 12.8 Å². The lowest BCUT2D eigenvalue weighted by molar-refractivity contribution is 0.0582. The zero-order chi connectivity index (χ0) is 10.0. The van der Waals surface area contributed by atoms with Gasteiger partial charge in [-0.3, -0.25) is 0 Å². The van der Waals surface area contributed by atoms with Gasteiger partial charge in [-0.05, 0) is 57.4 Å². The Hall–Kier alpha value is -0.500. The Morgan fingerprint density at radius 1 is 1.00 bits per heavy atom. The van der Waals surface area contributed by atoms with E-state index in [0.29, 0.717) is 5.41 Å². The Morgan fingerprint density at radius 3 is 2.00 bits per heavy atom. The minimum atomic E-state index is 0.687. The van der Waals surface area contributed by atoms with Crippen LogP contribution in [0.15, 0.2) is 12.8 Å². The molecule has 2 aliphatic heterocycles. The van der Waals surface area contributed by atoms with Crippen molar-refractivity contribution in [1.29, 1.82) is 0 Å². The zero-order valence-electron chi connectivity index (χ0n) is 9.34. The van der Waals surface area contributed by atoms with Crippen molar-refractivity contribution < 1.29 is 0 Å². The maximum absolute atomic E-state index is 3.85. The van der Waals surface area contributed by atoms with E-state index in [1.807, 2.05) is 6.20 Å². The van der Waals surface area contributed by atoms with E-state index < -0.39 is 0 Å². The first-order valence-corrected chi connectivity index (χ1v) is 5.79. The molecule has 80 valence electrons. The van der Waals surface area contributed by atoms with Gasteiger partial charge in [0, 0.05) is 13.1 Å². The van der Waals surface area contributed by atoms with E-state index in [-0.39, 0.29) is 0 Å². The van der Waals surface area contributed by atoms with Gasteiger partial charge in [0.05, 0.1) is 0 Å². The normalized spacial score (nSPS) is 27.9. The van der Waals surface area contributed by atoms with Crippen molar-refractivity contribution >= 4 is 0 Å². The molecule has 0 unspecified atom stereocenters. The molecule has 2 rings (SSSR count). The molecule has 2 aliphatic rings. The molecule has 14 heavy (non-hydrogen) atoms. The molecular weight excluding hydrogens is 172 g/mol. The van der Waals surface area contributed by atoms with Crippen LogP contribution in [-0.4, -0.2) is 43.0 Å². The molecule has 0 aliphatic carbocycles. The summed E-state index contributed by atoms with van der Waals surface area (Å²) in [6.07, 6.45) is 7.59. The second kappa shape index (κ2) is 3.93. The number of piperidine rings is 2. The van der Waals surface area contributed by atoms with Gasteiger partial charge in [0.25, 0.3) is 0 Å². The van der Waals surface area contributed by atoms with Crippen molar-refractivity contribution in [3.8, 4) is 0 Å². The van der Waals surface area contributed by atoms with Crippen molar-refractivity contribution in [1.82, 2.24) is 9.80 Å². The molecule has 2 heteroatoms. The molecular formula is C12H22N2. The van der Waals surface area contributed by atoms with Crippen LogP contribution in [0.3, 0.4) is 0 Å². The number of hydrogen-bond acceptors (Lipinski definition) is 2. The summed E-state index contributed by atoms with van der Waals surface area (Å²) in [5.74, 6) is 0. The van der Waals surface area contributed by atoms with Crippen LogP contribution in [-0.2, 0) is 0 Å². The maximum Gasteiger partial charge on any atom is 0.0177 e. The second-order valence-corrected chi connectivity index (χ2v) is 5.02. The van der Waals surface area contributed by atoms with E-state index in [9.17, 15) is 0 Å². The molecule has 2 nitrogen and oxygen atoms in total. The highest BCUT2D eigenvalue weighted by Gasteiger charge is 2.35. The lowest BCUT2D eigenvalue weighted by Gasteiger charge is -2.46. The highest BCUT2D eigenvalue weighted by atomic mass is 15.1. The molecule has 0 aromatic heterocycles. The van der Waals surface area contributed by atoms with Crippen LogP contribution in [0.1, 0.15) is 25.7 Å². The van der Waals surface area contributed by atoms with Crippen LogP contribution in [0, 0.1) is 5.41 Å². The number of hydrogen-bond donors (Lipinski definition) is 0. The first-order valence-electron chi connectivity index (χ1n) is 5.79. The Morgan fingerprint density at radius 2 is 1.50 bits per heavy atom. The lowest BCUT2D eigenvalue weighted by atomic mass is 9.71. The molecule has 1 spiro atoms. The number of likely N-dealkylation sites (tertiary alicyclic amines) is 2. The first-order chi connectivity index (χ1) is 6.74. The third-order valence-corrected chi connectivity index (χ3v) is 4.16. The average Bonchev–Trinajstić information content (AvgIpc) is 2.24. The summed E-state index contributed by atoms with van der Waals surface area (Å²) in [6, 6.07) is 0. The molecule has 0 aromatic carbocycles. The van der Waals surface area contributed by atoms with E-state index >= 15 is 0 Å². The summed E-state index contributed by atoms with van der Waals surface area (Å²) >= 11 is 0. The fourth-order valence-electron chi connectivity index (χ4n) is 2.77. The summed E-state index contributed by atoms with van der Waals surface area (Å²) in [4.78, 5) is 4.83. The molecule has 2 heterocycles. The minimum Gasteiger partial charge on any atom is -0.378 e. The van der Waals surface area contributed by atoms with Gasteiger partial charge in [-0.25, -0.2) is 0 Å². The van der Waals surface area contributed by atoms with Crippen molar-refractivity contribution in [2.24, 2.45) is 5.41 Å². The smallest absolute Gasteiger partial charge is 0.0177 e. The highest BCUT2D eigenvalue weighted by Crippen LogP contribution is 2.40. The van der Waals surface area contributed by atoms with Gasteiger partial charge in [0.15, 0.2) is 0 Å². The Balaban J connectivity index is 1.89. The molecule has 0 atom stereocenters. The third kappa shape index (κ3) is 1.95. The summed E-state index contributed by atoms with van der Waals surface area (Å²) in [5.41, 5.74) is 0.687. The van der Waals surface area contributed by atoms with Gasteiger partial charge in [0.1, 0.15) is 0 Å². The van der Waals surface area contributed by atoms with Crippen LogP contribution in [0.4, 0.5) is 0 Å². The molecule has 0 amide bonds. The number of nitrogens with zero attached hydrogens (tertiary/aromatic N) is 2. The summed E-state index contributed by atoms with van der Waals surface area (Å²) < 4.78 is 0. The Kier molecular flexibility index (Phi) is 2.82. The van der Waals surface area contributed by atoms with Gasteiger partial charge in [0.2, 0.25) is 0 Å². The molecule has 0 saturated carbocycles. The summed E-state index contributed by atoms with van der Waals surface area (Å²) in [6.45, 7) is 8.91. The fourth-order valence-corrected chi connectivity index (χ4v) is 2.77. The minimum absolute atomic E-state index is 0.687. The summed E-state index contributed by atoms with van der Waals surface area (Å²) in [5, 5.41) is 0. The maximum atomic E-state index is 3.85. The Bertz CT molecular complexity index is 194. The van der Waals surface area contributed by atoms with Crippen molar-refractivity contribution in [2.75, 3.05) is 33.2 Å². The highest BCUT2D eigenvalue weighted by molar-refractivity contribution is 4.91. The van der Waals surface area contributed by atoms with Crippen LogP contribution in [0.2, 0.25) is 0 Å². The van der Waals surface area contributed by atoms with E-state index in [2.05, 4.69) is 23.4 Å². The van der Waals surface area contributed by atoms with E-state index in [1.54, 1.807) is 0 Å². The van der Waals surface area contributed by atoms with Gasteiger partial charge >= 0.3 is 0 Å². The molecule has 2 saturated heterocycles. The van der Waals surface area contributed by atoms with Gasteiger partial charge in [-0.2, -0.15) is 0 Å². The van der Waals surface area contributed by atoms with Crippen LogP contribution < -0.4 is 0 Å². The predicted molar refractivity (Wildman–Crippen MR) is 60.2 cm³/mol. The van der Waals surface area contributed by atoms with Crippen LogP contribution in [0.25, 0.3) is 0 Å². The largest absolute Gasteiger partial charge is 0.378 e. The molecule has 0 radical (unpaired) electrons. The van der Waals surface area contributed by atoms with E-state index in [1.165, 1.54) is 51.9 Å². The monoisotopic (exact) mass is 194 g/mol. The quantitative estimate of drug-likeness (QED) is 0.629. The lowest BCUT2D eigenvalue weighted by Crippen LogP contribution is -2.44. The standard InChI is InChI=1S/C12H22N2/c1-3-14-10-6-12(7-11-14)4-8-13(2)9-5-12/h3H,1,4-11H2,2H3. The molecule has 0 bridgehead atoms. The van der Waals surface area contributed by atoms with E-state index in [0.717, 1.165) is 0 Å².